The predicted molar refractivity (Wildman–Crippen MR) is 77.3 cm³/mol. The van der Waals surface area contributed by atoms with Crippen LogP contribution in [0.2, 0.25) is 0 Å². The van der Waals surface area contributed by atoms with Crippen LogP contribution in [-0.4, -0.2) is 20.9 Å². The van der Waals surface area contributed by atoms with Gasteiger partial charge in [0.05, 0.1) is 17.2 Å². The van der Waals surface area contributed by atoms with Gasteiger partial charge in [0, 0.05) is 12.6 Å². The molecule has 100 valence electrons. The number of pyridine rings is 1. The van der Waals surface area contributed by atoms with Gasteiger partial charge < -0.3 is 4.98 Å². The monoisotopic (exact) mass is 266 g/mol. The Bertz CT molecular complexity index is 688. The zero-order chi connectivity index (χ0) is 13.8. The predicted octanol–water partition coefficient (Wildman–Crippen LogP) is 2.53. The summed E-state index contributed by atoms with van der Waals surface area (Å²) in [5, 5.41) is 2.77. The summed E-state index contributed by atoms with van der Waals surface area (Å²) in [5.41, 5.74) is 2.75. The fourth-order valence-electron chi connectivity index (χ4n) is 2.01. The molecule has 0 aliphatic rings. The molecule has 0 fully saturated rings. The van der Waals surface area contributed by atoms with Crippen molar-refractivity contribution >= 4 is 22.9 Å². The fourth-order valence-corrected chi connectivity index (χ4v) is 2.01. The highest BCUT2D eigenvalue weighted by Gasteiger charge is 2.07. The first-order chi connectivity index (χ1) is 9.81. The average molecular weight is 266 g/mol. The van der Waals surface area contributed by atoms with Gasteiger partial charge in [-0.2, -0.15) is 0 Å². The van der Waals surface area contributed by atoms with Crippen LogP contribution in [0, 0.1) is 0 Å². The number of nitrogens with zero attached hydrogens (tertiary/aromatic N) is 2. The van der Waals surface area contributed by atoms with Gasteiger partial charge in [0.25, 0.3) is 0 Å². The van der Waals surface area contributed by atoms with Gasteiger partial charge in [0.1, 0.15) is 0 Å². The van der Waals surface area contributed by atoms with Crippen molar-refractivity contribution in [3.8, 4) is 0 Å². The molecule has 0 aliphatic heterocycles. The standard InChI is InChI=1S/C15H14N4O/c20-14(7-6-11-4-2-1-3-5-11)19-15-17-12-8-9-16-10-13(12)18-15/h1-5,8-10H,6-7H2,(H2,17,18,19,20). The average Bonchev–Trinajstić information content (AvgIpc) is 2.88. The Morgan fingerprint density at radius 3 is 2.85 bits per heavy atom. The van der Waals surface area contributed by atoms with Crippen LogP contribution in [0.25, 0.3) is 11.0 Å². The minimum Gasteiger partial charge on any atom is -0.323 e. The molecule has 0 radical (unpaired) electrons. The largest absolute Gasteiger partial charge is 0.323 e. The van der Waals surface area contributed by atoms with Crippen LogP contribution in [0.1, 0.15) is 12.0 Å². The van der Waals surface area contributed by atoms with Gasteiger partial charge in [-0.05, 0) is 18.1 Å². The number of imidazole rings is 1. The molecule has 2 heterocycles. The topological polar surface area (TPSA) is 70.7 Å². The quantitative estimate of drug-likeness (QED) is 0.762. The summed E-state index contributed by atoms with van der Waals surface area (Å²) in [6.45, 7) is 0. The van der Waals surface area contributed by atoms with Gasteiger partial charge in [0.2, 0.25) is 11.9 Å². The summed E-state index contributed by atoms with van der Waals surface area (Å²) in [4.78, 5) is 23.2. The van der Waals surface area contributed by atoms with Gasteiger partial charge in [0.15, 0.2) is 0 Å². The van der Waals surface area contributed by atoms with Gasteiger partial charge >= 0.3 is 0 Å². The molecule has 3 rings (SSSR count). The van der Waals surface area contributed by atoms with Crippen LogP contribution in [0.3, 0.4) is 0 Å². The number of amides is 1. The first kappa shape index (κ1) is 12.3. The van der Waals surface area contributed by atoms with Crippen molar-refractivity contribution < 1.29 is 4.79 Å². The molecule has 0 bridgehead atoms. The summed E-state index contributed by atoms with van der Waals surface area (Å²) < 4.78 is 0. The molecule has 0 saturated heterocycles. The van der Waals surface area contributed by atoms with Crippen LogP contribution >= 0.6 is 0 Å². The van der Waals surface area contributed by atoms with E-state index in [9.17, 15) is 4.79 Å². The molecule has 3 aromatic rings. The van der Waals surface area contributed by atoms with Crippen molar-refractivity contribution in [2.75, 3.05) is 5.32 Å². The molecule has 20 heavy (non-hydrogen) atoms. The first-order valence-corrected chi connectivity index (χ1v) is 6.45. The summed E-state index contributed by atoms with van der Waals surface area (Å²) in [5.74, 6) is 0.409. The van der Waals surface area contributed by atoms with E-state index in [-0.39, 0.29) is 5.91 Å². The number of rotatable bonds is 4. The third-order valence-corrected chi connectivity index (χ3v) is 3.02. The number of anilines is 1. The molecule has 0 spiro atoms. The van der Waals surface area contributed by atoms with Crippen LogP contribution in [0.15, 0.2) is 48.8 Å². The maximum absolute atomic E-state index is 11.9. The van der Waals surface area contributed by atoms with Crippen molar-refractivity contribution in [3.63, 3.8) is 0 Å². The molecule has 1 aromatic carbocycles. The highest BCUT2D eigenvalue weighted by Crippen LogP contribution is 2.12. The first-order valence-electron chi connectivity index (χ1n) is 6.45. The Labute approximate surface area is 116 Å². The molecule has 0 saturated carbocycles. The van der Waals surface area contributed by atoms with Crippen LogP contribution < -0.4 is 5.32 Å². The zero-order valence-corrected chi connectivity index (χ0v) is 10.8. The molecule has 0 aliphatic carbocycles. The highest BCUT2D eigenvalue weighted by molar-refractivity contribution is 5.91. The van der Waals surface area contributed by atoms with Crippen molar-refractivity contribution in [1.29, 1.82) is 0 Å². The summed E-state index contributed by atoms with van der Waals surface area (Å²) >= 11 is 0. The van der Waals surface area contributed by atoms with E-state index >= 15 is 0 Å². The van der Waals surface area contributed by atoms with E-state index in [1.54, 1.807) is 18.5 Å². The Morgan fingerprint density at radius 1 is 1.20 bits per heavy atom. The molecular weight excluding hydrogens is 252 g/mol. The normalized spacial score (nSPS) is 10.6. The van der Waals surface area contributed by atoms with Crippen molar-refractivity contribution in [2.45, 2.75) is 12.8 Å². The Kier molecular flexibility index (Phi) is 3.41. The van der Waals surface area contributed by atoms with Gasteiger partial charge in [-0.3, -0.25) is 15.1 Å². The minimum absolute atomic E-state index is 0.0548. The van der Waals surface area contributed by atoms with E-state index < -0.39 is 0 Å². The number of hydrogen-bond acceptors (Lipinski definition) is 3. The van der Waals surface area contributed by atoms with E-state index in [0.717, 1.165) is 16.6 Å². The molecular formula is C15H14N4O. The van der Waals surface area contributed by atoms with Crippen molar-refractivity contribution in [2.24, 2.45) is 0 Å². The van der Waals surface area contributed by atoms with Gasteiger partial charge in [-0.1, -0.05) is 30.3 Å². The SMILES string of the molecule is O=C(CCc1ccccc1)Nc1nc2ccncc2[nH]1. The molecule has 0 atom stereocenters. The number of benzene rings is 1. The molecule has 5 heteroatoms. The Morgan fingerprint density at radius 2 is 2.05 bits per heavy atom. The number of aromatic amines is 1. The van der Waals surface area contributed by atoms with E-state index in [2.05, 4.69) is 20.3 Å². The van der Waals surface area contributed by atoms with E-state index in [1.165, 1.54) is 0 Å². The summed E-state index contributed by atoms with van der Waals surface area (Å²) in [6, 6.07) is 11.7. The van der Waals surface area contributed by atoms with E-state index in [1.807, 2.05) is 30.3 Å². The third kappa shape index (κ3) is 2.83. The van der Waals surface area contributed by atoms with Crippen LogP contribution in [0.4, 0.5) is 5.95 Å². The minimum atomic E-state index is -0.0548. The molecule has 1 amide bonds. The number of fused-ring (bicyclic) bond motifs is 1. The maximum atomic E-state index is 11.9. The van der Waals surface area contributed by atoms with Crippen molar-refractivity contribution in [1.82, 2.24) is 15.0 Å². The number of carbonyl (C=O) groups excluding carboxylic acids is 1. The van der Waals surface area contributed by atoms with Crippen molar-refractivity contribution in [3.05, 3.63) is 54.4 Å². The van der Waals surface area contributed by atoms with E-state index in [0.29, 0.717) is 18.8 Å². The summed E-state index contributed by atoms with van der Waals surface area (Å²) in [6.07, 6.45) is 4.50. The number of carbonyl (C=O) groups is 1. The number of H-pyrrole nitrogens is 1. The van der Waals surface area contributed by atoms with Crippen LogP contribution in [-0.2, 0) is 11.2 Å². The fraction of sp³-hybridized carbons (Fsp3) is 0.133. The summed E-state index contributed by atoms with van der Waals surface area (Å²) in [7, 11) is 0. The second-order valence-corrected chi connectivity index (χ2v) is 4.51. The number of nitrogens with one attached hydrogen (secondary N) is 2. The number of hydrogen-bond donors (Lipinski definition) is 2. The number of aryl methyl sites for hydroxylation is 1. The van der Waals surface area contributed by atoms with Gasteiger partial charge in [-0.25, -0.2) is 4.98 Å². The Balaban J connectivity index is 1.61. The number of aromatic nitrogens is 3. The molecule has 2 aromatic heterocycles. The highest BCUT2D eigenvalue weighted by atomic mass is 16.1. The smallest absolute Gasteiger partial charge is 0.227 e. The van der Waals surface area contributed by atoms with E-state index in [4.69, 9.17) is 0 Å². The third-order valence-electron chi connectivity index (χ3n) is 3.02. The van der Waals surface area contributed by atoms with Crippen LogP contribution in [0.5, 0.6) is 0 Å². The second-order valence-electron chi connectivity index (χ2n) is 4.51. The maximum Gasteiger partial charge on any atom is 0.227 e. The zero-order valence-electron chi connectivity index (χ0n) is 10.8. The molecule has 0 unspecified atom stereocenters. The molecule has 5 nitrogen and oxygen atoms in total. The molecule has 2 N–H and O–H groups in total. The lowest BCUT2D eigenvalue weighted by atomic mass is 10.1. The second kappa shape index (κ2) is 5.52. The lowest BCUT2D eigenvalue weighted by Gasteiger charge is -2.02. The lowest BCUT2D eigenvalue weighted by molar-refractivity contribution is -0.116. The lowest BCUT2D eigenvalue weighted by Crippen LogP contribution is -2.13. The Hall–Kier alpha value is -2.69. The van der Waals surface area contributed by atoms with Gasteiger partial charge in [-0.15, -0.1) is 0 Å².